The van der Waals surface area contributed by atoms with E-state index in [1.54, 1.807) is 0 Å². The first-order chi connectivity index (χ1) is 10.8. The molecule has 4 rings (SSSR count). The molecule has 0 unspecified atom stereocenters. The number of fused-ring (bicyclic) bond motifs is 1. The van der Waals surface area contributed by atoms with Crippen LogP contribution in [0.2, 0.25) is 5.02 Å². The summed E-state index contributed by atoms with van der Waals surface area (Å²) < 4.78 is 0. The predicted molar refractivity (Wildman–Crippen MR) is 93.7 cm³/mol. The van der Waals surface area contributed by atoms with Gasteiger partial charge in [0.2, 0.25) is 0 Å². The molecule has 2 fully saturated rings. The third-order valence-electron chi connectivity index (χ3n) is 4.22. The van der Waals surface area contributed by atoms with E-state index in [9.17, 15) is 0 Å². The van der Waals surface area contributed by atoms with Gasteiger partial charge in [-0.15, -0.1) is 0 Å². The largest absolute Gasteiger partial charge is 0.296 e. The van der Waals surface area contributed by atoms with Gasteiger partial charge in [0.15, 0.2) is 5.11 Å². The molecular weight excluding hydrogens is 314 g/mol. The van der Waals surface area contributed by atoms with Crippen molar-refractivity contribution in [2.45, 2.75) is 12.6 Å². The molecule has 0 bridgehead atoms. The first-order valence-corrected chi connectivity index (χ1v) is 8.22. The Kier molecular flexibility index (Phi) is 3.53. The standard InChI is InChI=1S/C17H16ClN3S/c18-14-9-7-13(8-10-14)16-19-11-4-12-20(19)17(22)21(16)15-5-2-1-3-6-15/h1-3,5-10,16H,4,11-12H2/t16-/m0/s1. The third-order valence-corrected chi connectivity index (χ3v) is 4.88. The first kappa shape index (κ1) is 14.0. The highest BCUT2D eigenvalue weighted by Gasteiger charge is 2.45. The Hall–Kier alpha value is -1.62. The topological polar surface area (TPSA) is 9.72 Å². The fraction of sp³-hybridized carbons (Fsp3) is 0.235. The zero-order chi connectivity index (χ0) is 15.1. The number of nitrogens with zero attached hydrogens (tertiary/aromatic N) is 3. The number of hydrogen-bond acceptors (Lipinski definition) is 2. The molecule has 0 spiro atoms. The molecule has 2 aliphatic heterocycles. The molecule has 0 saturated carbocycles. The van der Waals surface area contributed by atoms with Crippen LogP contribution in [0.4, 0.5) is 5.69 Å². The van der Waals surface area contributed by atoms with Gasteiger partial charge in [-0.25, -0.2) is 0 Å². The Morgan fingerprint density at radius 3 is 2.41 bits per heavy atom. The monoisotopic (exact) mass is 329 g/mol. The van der Waals surface area contributed by atoms with Gasteiger partial charge >= 0.3 is 0 Å². The van der Waals surface area contributed by atoms with Gasteiger partial charge in [-0.1, -0.05) is 41.9 Å². The van der Waals surface area contributed by atoms with Crippen LogP contribution in [0.3, 0.4) is 0 Å². The van der Waals surface area contributed by atoms with Crippen molar-refractivity contribution >= 4 is 34.6 Å². The summed E-state index contributed by atoms with van der Waals surface area (Å²) >= 11 is 11.8. The highest BCUT2D eigenvalue weighted by Crippen LogP contribution is 2.40. The van der Waals surface area contributed by atoms with Gasteiger partial charge in [-0.05, 0) is 48.5 Å². The quantitative estimate of drug-likeness (QED) is 0.768. The van der Waals surface area contributed by atoms with Gasteiger partial charge in [-0.3, -0.25) is 9.91 Å². The van der Waals surface area contributed by atoms with Crippen molar-refractivity contribution in [2.75, 3.05) is 18.0 Å². The van der Waals surface area contributed by atoms with Crippen LogP contribution < -0.4 is 4.90 Å². The van der Waals surface area contributed by atoms with E-state index < -0.39 is 0 Å². The van der Waals surface area contributed by atoms with Crippen molar-refractivity contribution in [3.8, 4) is 0 Å². The van der Waals surface area contributed by atoms with Crippen LogP contribution >= 0.6 is 23.8 Å². The molecule has 0 aromatic heterocycles. The van der Waals surface area contributed by atoms with Gasteiger partial charge in [0.05, 0.1) is 0 Å². The second kappa shape index (κ2) is 5.54. The predicted octanol–water partition coefficient (Wildman–Crippen LogP) is 4.07. The summed E-state index contributed by atoms with van der Waals surface area (Å²) in [5.41, 5.74) is 2.34. The number of anilines is 1. The van der Waals surface area contributed by atoms with Crippen LogP contribution in [0, 0.1) is 0 Å². The molecule has 5 heteroatoms. The van der Waals surface area contributed by atoms with Crippen LogP contribution in [0.25, 0.3) is 0 Å². The summed E-state index contributed by atoms with van der Waals surface area (Å²) in [6.45, 7) is 2.02. The lowest BCUT2D eigenvalue weighted by Crippen LogP contribution is -2.32. The SMILES string of the molecule is S=C1N(c2ccccc2)[C@@H](c2ccc(Cl)cc2)N2CCCN12. The highest BCUT2D eigenvalue weighted by molar-refractivity contribution is 7.80. The molecule has 0 aliphatic carbocycles. The molecule has 2 aromatic carbocycles. The Labute approximate surface area is 140 Å². The van der Waals surface area contributed by atoms with E-state index in [2.05, 4.69) is 51.3 Å². The van der Waals surface area contributed by atoms with Gasteiger partial charge in [-0.2, -0.15) is 5.01 Å². The molecule has 22 heavy (non-hydrogen) atoms. The molecule has 112 valence electrons. The Balaban J connectivity index is 1.80. The van der Waals surface area contributed by atoms with Gasteiger partial charge in [0, 0.05) is 23.8 Å². The van der Waals surface area contributed by atoms with Crippen LogP contribution in [-0.2, 0) is 0 Å². The number of rotatable bonds is 2. The minimum absolute atomic E-state index is 0.106. The van der Waals surface area contributed by atoms with E-state index >= 15 is 0 Å². The van der Waals surface area contributed by atoms with Gasteiger partial charge < -0.3 is 0 Å². The van der Waals surface area contributed by atoms with Crippen LogP contribution in [-0.4, -0.2) is 28.2 Å². The van der Waals surface area contributed by atoms with Gasteiger partial charge in [0.1, 0.15) is 6.17 Å². The van der Waals surface area contributed by atoms with E-state index in [0.29, 0.717) is 0 Å². The molecule has 0 N–H and O–H groups in total. The molecule has 3 nitrogen and oxygen atoms in total. The molecule has 1 atom stereocenters. The van der Waals surface area contributed by atoms with Crippen molar-refractivity contribution in [3.05, 3.63) is 65.2 Å². The second-order valence-corrected chi connectivity index (χ2v) is 6.35. The lowest BCUT2D eigenvalue weighted by molar-refractivity contribution is 0.0923. The number of thiocarbonyl (C=S) groups is 1. The van der Waals surface area contributed by atoms with Crippen molar-refractivity contribution in [3.63, 3.8) is 0 Å². The van der Waals surface area contributed by atoms with E-state index in [1.807, 2.05) is 18.2 Å². The molecule has 2 aromatic rings. The number of hydrogen-bond donors (Lipinski definition) is 0. The van der Waals surface area contributed by atoms with Crippen molar-refractivity contribution in [2.24, 2.45) is 0 Å². The minimum atomic E-state index is 0.106. The maximum atomic E-state index is 6.05. The smallest absolute Gasteiger partial charge is 0.192 e. The normalized spacial score (nSPS) is 21.5. The average molecular weight is 330 g/mol. The van der Waals surface area contributed by atoms with Crippen LogP contribution in [0.1, 0.15) is 18.2 Å². The number of hydrazine groups is 1. The van der Waals surface area contributed by atoms with Gasteiger partial charge in [0.25, 0.3) is 0 Å². The Morgan fingerprint density at radius 1 is 0.955 bits per heavy atom. The molecule has 2 aliphatic rings. The summed E-state index contributed by atoms with van der Waals surface area (Å²) in [6, 6.07) is 18.4. The summed E-state index contributed by atoms with van der Waals surface area (Å²) in [7, 11) is 0. The van der Waals surface area contributed by atoms with E-state index in [1.165, 1.54) is 5.56 Å². The maximum absolute atomic E-state index is 6.05. The number of benzene rings is 2. The summed E-state index contributed by atoms with van der Waals surface area (Å²) in [4.78, 5) is 2.23. The number of halogens is 1. The summed E-state index contributed by atoms with van der Waals surface area (Å²) in [5.74, 6) is 0. The zero-order valence-electron chi connectivity index (χ0n) is 12.0. The van der Waals surface area contributed by atoms with Crippen LogP contribution in [0.5, 0.6) is 0 Å². The van der Waals surface area contributed by atoms with Crippen molar-refractivity contribution in [1.82, 2.24) is 10.0 Å². The fourth-order valence-corrected chi connectivity index (χ4v) is 3.78. The lowest BCUT2D eigenvalue weighted by atomic mass is 10.1. The van der Waals surface area contributed by atoms with Crippen molar-refractivity contribution in [1.29, 1.82) is 0 Å². The fourth-order valence-electron chi connectivity index (χ4n) is 3.25. The molecule has 2 heterocycles. The second-order valence-electron chi connectivity index (χ2n) is 5.55. The molecule has 0 amide bonds. The van der Waals surface area contributed by atoms with E-state index in [4.69, 9.17) is 23.8 Å². The summed E-state index contributed by atoms with van der Waals surface area (Å²) in [6.07, 6.45) is 1.25. The maximum Gasteiger partial charge on any atom is 0.192 e. The Bertz CT molecular complexity index is 689. The lowest BCUT2D eigenvalue weighted by Gasteiger charge is -2.28. The molecule has 2 saturated heterocycles. The van der Waals surface area contributed by atoms with Crippen molar-refractivity contribution < 1.29 is 0 Å². The summed E-state index contributed by atoms with van der Waals surface area (Å²) in [5, 5.41) is 6.22. The Morgan fingerprint density at radius 2 is 1.68 bits per heavy atom. The minimum Gasteiger partial charge on any atom is -0.296 e. The highest BCUT2D eigenvalue weighted by atomic mass is 35.5. The van der Waals surface area contributed by atoms with E-state index in [-0.39, 0.29) is 6.17 Å². The molecular formula is C17H16ClN3S. The first-order valence-electron chi connectivity index (χ1n) is 7.43. The van der Waals surface area contributed by atoms with Crippen LogP contribution in [0.15, 0.2) is 54.6 Å². The zero-order valence-corrected chi connectivity index (χ0v) is 13.6. The molecule has 0 radical (unpaired) electrons. The van der Waals surface area contributed by atoms with E-state index in [0.717, 1.165) is 35.3 Å². The third kappa shape index (κ3) is 2.19. The average Bonchev–Trinajstić information content (AvgIpc) is 3.12. The number of para-hydroxylation sites is 1.